The highest BCUT2D eigenvalue weighted by Crippen LogP contribution is 2.23. The Morgan fingerprint density at radius 1 is 1.24 bits per heavy atom. The topological polar surface area (TPSA) is 29.3 Å². The number of nitrogens with two attached hydrogens (primary N) is 1. The maximum absolute atomic E-state index is 5.94. The van der Waals surface area contributed by atoms with E-state index in [1.54, 1.807) is 0 Å². The average molecular weight is 234 g/mol. The Morgan fingerprint density at radius 3 is 2.35 bits per heavy atom. The summed E-state index contributed by atoms with van der Waals surface area (Å²) in [6, 6.07) is 9.00. The molecule has 1 atom stereocenters. The van der Waals surface area contributed by atoms with Crippen LogP contribution in [0, 0.1) is 12.8 Å². The van der Waals surface area contributed by atoms with Crippen molar-refractivity contribution in [1.82, 2.24) is 0 Å². The maximum Gasteiger partial charge on any atom is 0.0414 e. The lowest BCUT2D eigenvalue weighted by Crippen LogP contribution is -2.42. The average Bonchev–Trinajstić information content (AvgIpc) is 2.30. The predicted molar refractivity (Wildman–Crippen MR) is 76.5 cm³/mol. The van der Waals surface area contributed by atoms with E-state index in [-0.39, 0.29) is 0 Å². The Balaban J connectivity index is 2.93. The summed E-state index contributed by atoms with van der Waals surface area (Å²) >= 11 is 0. The van der Waals surface area contributed by atoms with E-state index in [9.17, 15) is 0 Å². The van der Waals surface area contributed by atoms with Crippen LogP contribution in [0.3, 0.4) is 0 Å². The molecule has 0 bridgehead atoms. The van der Waals surface area contributed by atoms with Crippen molar-refractivity contribution in [3.63, 3.8) is 0 Å². The van der Waals surface area contributed by atoms with Gasteiger partial charge in [-0.05, 0) is 37.8 Å². The molecule has 1 aromatic carbocycles. The number of hydrogen-bond acceptors (Lipinski definition) is 2. The minimum atomic E-state index is 0.445. The Labute approximate surface area is 106 Å². The first kappa shape index (κ1) is 14.0. The highest BCUT2D eigenvalue weighted by atomic mass is 15.2. The van der Waals surface area contributed by atoms with Gasteiger partial charge in [0.15, 0.2) is 0 Å². The van der Waals surface area contributed by atoms with Gasteiger partial charge in [-0.15, -0.1) is 0 Å². The molecule has 0 spiro atoms. The van der Waals surface area contributed by atoms with Gasteiger partial charge in [0, 0.05) is 24.8 Å². The van der Waals surface area contributed by atoms with E-state index in [1.807, 2.05) is 0 Å². The van der Waals surface area contributed by atoms with Crippen molar-refractivity contribution in [2.75, 3.05) is 18.0 Å². The normalized spacial score (nSPS) is 12.8. The fraction of sp³-hybridized carbons (Fsp3) is 0.600. The van der Waals surface area contributed by atoms with Gasteiger partial charge in [-0.1, -0.05) is 32.0 Å². The second-order valence-corrected chi connectivity index (χ2v) is 5.09. The number of benzene rings is 1. The Kier molecular flexibility index (Phi) is 5.49. The third kappa shape index (κ3) is 3.74. The molecule has 1 aromatic rings. The van der Waals surface area contributed by atoms with Gasteiger partial charge in [0.05, 0.1) is 0 Å². The van der Waals surface area contributed by atoms with Crippen molar-refractivity contribution in [3.8, 4) is 0 Å². The van der Waals surface area contributed by atoms with Gasteiger partial charge < -0.3 is 10.6 Å². The molecule has 0 aliphatic carbocycles. The van der Waals surface area contributed by atoms with Gasteiger partial charge in [0.1, 0.15) is 0 Å². The minimum absolute atomic E-state index is 0.445. The first-order valence-electron chi connectivity index (χ1n) is 6.62. The van der Waals surface area contributed by atoms with Gasteiger partial charge in [0.25, 0.3) is 0 Å². The molecule has 0 aromatic heterocycles. The predicted octanol–water partition coefficient (Wildman–Crippen LogP) is 3.19. The summed E-state index contributed by atoms with van der Waals surface area (Å²) in [7, 11) is 0. The molecule has 2 nitrogen and oxygen atoms in total. The van der Waals surface area contributed by atoms with Crippen LogP contribution in [-0.4, -0.2) is 19.1 Å². The fourth-order valence-electron chi connectivity index (χ4n) is 2.41. The molecule has 96 valence electrons. The van der Waals surface area contributed by atoms with Crippen LogP contribution >= 0.6 is 0 Å². The molecule has 2 heteroatoms. The zero-order chi connectivity index (χ0) is 12.8. The number of anilines is 1. The molecular formula is C15H26N2. The number of likely N-dealkylation sites (N-methyl/N-ethyl adjacent to an activating group) is 1. The molecule has 17 heavy (non-hydrogen) atoms. The molecule has 0 aliphatic heterocycles. The van der Waals surface area contributed by atoms with Crippen LogP contribution in [0.5, 0.6) is 0 Å². The van der Waals surface area contributed by atoms with Crippen molar-refractivity contribution < 1.29 is 0 Å². The standard InChI is InChI=1S/C15H26N2/c1-5-17(14(11-16)10-12(2)3)15-9-7-6-8-13(15)4/h6-9,12,14H,5,10-11,16H2,1-4H3. The van der Waals surface area contributed by atoms with E-state index in [0.717, 1.165) is 19.5 Å². The minimum Gasteiger partial charge on any atom is -0.367 e. The van der Waals surface area contributed by atoms with Crippen LogP contribution in [0.1, 0.15) is 32.8 Å². The molecule has 1 unspecified atom stereocenters. The summed E-state index contributed by atoms with van der Waals surface area (Å²) in [4.78, 5) is 2.44. The SMILES string of the molecule is CCN(c1ccccc1C)C(CN)CC(C)C. The lowest BCUT2D eigenvalue weighted by Gasteiger charge is -2.34. The molecule has 0 saturated heterocycles. The van der Waals surface area contributed by atoms with Crippen molar-refractivity contribution in [2.24, 2.45) is 11.7 Å². The molecule has 0 radical (unpaired) electrons. The number of para-hydroxylation sites is 1. The van der Waals surface area contributed by atoms with Gasteiger partial charge >= 0.3 is 0 Å². The summed E-state index contributed by atoms with van der Waals surface area (Å²) in [6.45, 7) is 10.6. The number of nitrogens with zero attached hydrogens (tertiary/aromatic N) is 1. The van der Waals surface area contributed by atoms with Crippen molar-refractivity contribution in [1.29, 1.82) is 0 Å². The summed E-state index contributed by atoms with van der Waals surface area (Å²) in [5, 5.41) is 0. The number of hydrogen-bond donors (Lipinski definition) is 1. The van der Waals surface area contributed by atoms with Crippen LogP contribution in [0.25, 0.3) is 0 Å². The van der Waals surface area contributed by atoms with Crippen LogP contribution in [-0.2, 0) is 0 Å². The highest BCUT2D eigenvalue weighted by molar-refractivity contribution is 5.53. The smallest absolute Gasteiger partial charge is 0.0414 e. The molecule has 0 heterocycles. The largest absolute Gasteiger partial charge is 0.367 e. The fourth-order valence-corrected chi connectivity index (χ4v) is 2.41. The van der Waals surface area contributed by atoms with E-state index in [1.165, 1.54) is 11.3 Å². The molecule has 0 amide bonds. The van der Waals surface area contributed by atoms with E-state index in [4.69, 9.17) is 5.73 Å². The first-order chi connectivity index (χ1) is 8.10. The molecule has 0 saturated carbocycles. The van der Waals surface area contributed by atoms with Crippen LogP contribution in [0.2, 0.25) is 0 Å². The quantitative estimate of drug-likeness (QED) is 0.819. The molecule has 0 aliphatic rings. The Hall–Kier alpha value is -1.02. The van der Waals surface area contributed by atoms with E-state index >= 15 is 0 Å². The lowest BCUT2D eigenvalue weighted by atomic mass is 10.0. The second-order valence-electron chi connectivity index (χ2n) is 5.09. The monoisotopic (exact) mass is 234 g/mol. The van der Waals surface area contributed by atoms with Gasteiger partial charge in [-0.25, -0.2) is 0 Å². The molecule has 0 fully saturated rings. The second kappa shape index (κ2) is 6.65. The number of aryl methyl sites for hydroxylation is 1. The Morgan fingerprint density at radius 2 is 1.88 bits per heavy atom. The highest BCUT2D eigenvalue weighted by Gasteiger charge is 2.18. The maximum atomic E-state index is 5.94. The Bertz CT molecular complexity index is 333. The molecule has 1 rings (SSSR count). The zero-order valence-electron chi connectivity index (χ0n) is 11.6. The summed E-state index contributed by atoms with van der Waals surface area (Å²) in [6.07, 6.45) is 1.15. The summed E-state index contributed by atoms with van der Waals surface area (Å²) in [5.74, 6) is 0.682. The van der Waals surface area contributed by atoms with Crippen LogP contribution < -0.4 is 10.6 Å². The van der Waals surface area contributed by atoms with E-state index < -0.39 is 0 Å². The van der Waals surface area contributed by atoms with Crippen molar-refractivity contribution in [3.05, 3.63) is 29.8 Å². The van der Waals surface area contributed by atoms with E-state index in [2.05, 4.69) is 56.9 Å². The van der Waals surface area contributed by atoms with Gasteiger partial charge in [-0.2, -0.15) is 0 Å². The van der Waals surface area contributed by atoms with Crippen molar-refractivity contribution >= 4 is 5.69 Å². The van der Waals surface area contributed by atoms with Crippen LogP contribution in [0.4, 0.5) is 5.69 Å². The summed E-state index contributed by atoms with van der Waals surface area (Å²) < 4.78 is 0. The molecular weight excluding hydrogens is 208 g/mol. The van der Waals surface area contributed by atoms with Crippen molar-refractivity contribution in [2.45, 2.75) is 40.2 Å². The number of rotatable bonds is 6. The van der Waals surface area contributed by atoms with Gasteiger partial charge in [-0.3, -0.25) is 0 Å². The first-order valence-corrected chi connectivity index (χ1v) is 6.62. The third-order valence-corrected chi connectivity index (χ3v) is 3.22. The van der Waals surface area contributed by atoms with Gasteiger partial charge in [0.2, 0.25) is 0 Å². The van der Waals surface area contributed by atoms with Crippen LogP contribution in [0.15, 0.2) is 24.3 Å². The summed E-state index contributed by atoms with van der Waals surface area (Å²) in [5.41, 5.74) is 8.60. The lowest BCUT2D eigenvalue weighted by molar-refractivity contribution is 0.473. The van der Waals surface area contributed by atoms with E-state index in [0.29, 0.717) is 12.0 Å². The zero-order valence-corrected chi connectivity index (χ0v) is 11.6. The third-order valence-electron chi connectivity index (χ3n) is 3.22. The molecule has 2 N–H and O–H groups in total.